The fourth-order valence-corrected chi connectivity index (χ4v) is 3.91. The van der Waals surface area contributed by atoms with Crippen molar-refractivity contribution in [1.29, 1.82) is 0 Å². The normalized spacial score (nSPS) is 17.8. The highest BCUT2D eigenvalue weighted by atomic mass is 16.4. The van der Waals surface area contributed by atoms with Crippen LogP contribution in [0.4, 0.5) is 0 Å². The average molecular weight is 508 g/mol. The van der Waals surface area contributed by atoms with E-state index in [1.54, 1.807) is 0 Å². The van der Waals surface area contributed by atoms with Crippen molar-refractivity contribution in [1.82, 2.24) is 25.5 Å². The molecule has 36 heavy (non-hydrogen) atoms. The number of hydrogen-bond acceptors (Lipinski definition) is 7. The highest BCUT2D eigenvalue weighted by Gasteiger charge is 2.38. The van der Waals surface area contributed by atoms with E-state index in [4.69, 9.17) is 17.2 Å². The number of rotatable bonds is 13. The standard InChI is InChI=1S/C22H37N9O5/c1-12(2)17(23)20(34)31-8-4-6-16(31)19(33)30-15(9-13-10-26-11-28-13)18(32)29-14(21(35)36)5-3-7-27-22(24)25/h10-12,14-17H,3-9,23H2,1-2H3,(H,26,28)(H,29,32)(H,30,33)(H,35,36)(H4,24,25,27). The molecule has 0 spiro atoms. The zero-order valence-corrected chi connectivity index (χ0v) is 20.6. The van der Waals surface area contributed by atoms with Crippen molar-refractivity contribution in [3.63, 3.8) is 0 Å². The van der Waals surface area contributed by atoms with E-state index in [1.165, 1.54) is 17.4 Å². The molecular formula is C22H37N9O5. The van der Waals surface area contributed by atoms with Crippen molar-refractivity contribution in [2.24, 2.45) is 28.1 Å². The SMILES string of the molecule is CC(C)C(N)C(=O)N1CCCC1C(=O)NC(Cc1cnc[nH]1)C(=O)NC(CCCN=C(N)N)C(=O)O. The van der Waals surface area contributed by atoms with Crippen LogP contribution in [-0.2, 0) is 25.6 Å². The van der Waals surface area contributed by atoms with Crippen LogP contribution in [0.3, 0.4) is 0 Å². The maximum atomic E-state index is 13.2. The molecule has 14 nitrogen and oxygen atoms in total. The van der Waals surface area contributed by atoms with Gasteiger partial charge in [0.1, 0.15) is 18.1 Å². The van der Waals surface area contributed by atoms with Crippen molar-refractivity contribution in [2.45, 2.75) is 70.1 Å². The van der Waals surface area contributed by atoms with E-state index in [-0.39, 0.29) is 37.2 Å². The summed E-state index contributed by atoms with van der Waals surface area (Å²) in [6.07, 6.45) is 4.45. The third-order valence-corrected chi connectivity index (χ3v) is 6.01. The Hall–Kier alpha value is -3.68. The molecule has 200 valence electrons. The van der Waals surface area contributed by atoms with E-state index in [2.05, 4.69) is 25.6 Å². The highest BCUT2D eigenvalue weighted by molar-refractivity contribution is 5.94. The molecule has 1 fully saturated rings. The smallest absolute Gasteiger partial charge is 0.326 e. The summed E-state index contributed by atoms with van der Waals surface area (Å²) in [7, 11) is 0. The van der Waals surface area contributed by atoms with Crippen molar-refractivity contribution in [2.75, 3.05) is 13.1 Å². The number of carbonyl (C=O) groups is 4. The minimum absolute atomic E-state index is 0.0457. The molecular weight excluding hydrogens is 470 g/mol. The predicted octanol–water partition coefficient (Wildman–Crippen LogP) is -1.97. The molecule has 2 rings (SSSR count). The molecule has 1 aliphatic heterocycles. The van der Waals surface area contributed by atoms with E-state index in [0.717, 1.165) is 0 Å². The molecule has 10 N–H and O–H groups in total. The minimum atomic E-state index is -1.23. The van der Waals surface area contributed by atoms with Gasteiger partial charge < -0.3 is 42.8 Å². The van der Waals surface area contributed by atoms with Crippen LogP contribution in [0, 0.1) is 5.92 Å². The summed E-state index contributed by atoms with van der Waals surface area (Å²) in [6.45, 7) is 4.26. The van der Waals surface area contributed by atoms with Gasteiger partial charge in [0.05, 0.1) is 12.4 Å². The number of carbonyl (C=O) groups excluding carboxylic acids is 3. The number of carboxylic acid groups (broad SMARTS) is 1. The Morgan fingerprint density at radius 1 is 1.25 bits per heavy atom. The van der Waals surface area contributed by atoms with Gasteiger partial charge in [-0.15, -0.1) is 0 Å². The summed E-state index contributed by atoms with van der Waals surface area (Å²) in [5.74, 6) is -2.93. The Labute approximate surface area is 209 Å². The first-order valence-electron chi connectivity index (χ1n) is 11.9. The van der Waals surface area contributed by atoms with Gasteiger partial charge in [-0.05, 0) is 31.6 Å². The number of aromatic nitrogens is 2. The molecule has 0 aliphatic carbocycles. The zero-order valence-electron chi connectivity index (χ0n) is 20.6. The average Bonchev–Trinajstić information content (AvgIpc) is 3.51. The number of carboxylic acids is 1. The Bertz CT molecular complexity index is 930. The third-order valence-electron chi connectivity index (χ3n) is 6.01. The fourth-order valence-electron chi connectivity index (χ4n) is 3.91. The number of imidazole rings is 1. The monoisotopic (exact) mass is 507 g/mol. The first-order valence-corrected chi connectivity index (χ1v) is 11.9. The molecule has 0 saturated carbocycles. The summed E-state index contributed by atoms with van der Waals surface area (Å²) in [6, 6.07) is -3.82. The lowest BCUT2D eigenvalue weighted by atomic mass is 10.0. The van der Waals surface area contributed by atoms with Crippen molar-refractivity contribution in [3.05, 3.63) is 18.2 Å². The van der Waals surface area contributed by atoms with Crippen LogP contribution in [-0.4, -0.2) is 86.9 Å². The second kappa shape index (κ2) is 13.4. The molecule has 0 bridgehead atoms. The molecule has 1 aliphatic rings. The van der Waals surface area contributed by atoms with E-state index in [9.17, 15) is 24.3 Å². The van der Waals surface area contributed by atoms with Gasteiger partial charge in [-0.1, -0.05) is 13.8 Å². The Balaban J connectivity index is 2.12. The van der Waals surface area contributed by atoms with Gasteiger partial charge >= 0.3 is 5.97 Å². The van der Waals surface area contributed by atoms with Crippen LogP contribution in [0.25, 0.3) is 0 Å². The number of aliphatic imine (C=N–C) groups is 1. The lowest BCUT2D eigenvalue weighted by Crippen LogP contribution is -2.57. The first kappa shape index (κ1) is 28.6. The van der Waals surface area contributed by atoms with Crippen molar-refractivity contribution in [3.8, 4) is 0 Å². The Morgan fingerprint density at radius 3 is 2.56 bits per heavy atom. The molecule has 1 aromatic heterocycles. The molecule has 0 radical (unpaired) electrons. The van der Waals surface area contributed by atoms with Crippen LogP contribution >= 0.6 is 0 Å². The predicted molar refractivity (Wildman–Crippen MR) is 131 cm³/mol. The minimum Gasteiger partial charge on any atom is -0.480 e. The number of amides is 3. The summed E-state index contributed by atoms with van der Waals surface area (Å²) in [4.78, 5) is 62.8. The van der Waals surface area contributed by atoms with Gasteiger partial charge in [-0.25, -0.2) is 9.78 Å². The number of H-pyrrole nitrogens is 1. The number of guanidine groups is 1. The molecule has 4 unspecified atom stereocenters. The number of aromatic amines is 1. The molecule has 3 amide bonds. The molecule has 0 aromatic carbocycles. The summed E-state index contributed by atoms with van der Waals surface area (Å²) in [5.41, 5.74) is 17.1. The van der Waals surface area contributed by atoms with Crippen LogP contribution in [0.2, 0.25) is 0 Å². The van der Waals surface area contributed by atoms with Crippen LogP contribution in [0.15, 0.2) is 17.5 Å². The maximum Gasteiger partial charge on any atom is 0.326 e. The third kappa shape index (κ3) is 8.22. The van der Waals surface area contributed by atoms with Crippen LogP contribution < -0.4 is 27.8 Å². The van der Waals surface area contributed by atoms with E-state index in [1.807, 2.05) is 13.8 Å². The summed E-state index contributed by atoms with van der Waals surface area (Å²) in [5, 5.41) is 14.7. The maximum absolute atomic E-state index is 13.2. The number of nitrogens with zero attached hydrogens (tertiary/aromatic N) is 3. The number of nitrogens with one attached hydrogen (secondary N) is 3. The lowest BCUT2D eigenvalue weighted by Gasteiger charge is -2.29. The van der Waals surface area contributed by atoms with E-state index >= 15 is 0 Å². The Kier molecular flexibility index (Phi) is 10.6. The van der Waals surface area contributed by atoms with Gasteiger partial charge in [0.25, 0.3) is 0 Å². The molecule has 1 saturated heterocycles. The largest absolute Gasteiger partial charge is 0.480 e. The second-order valence-electron chi connectivity index (χ2n) is 9.15. The van der Waals surface area contributed by atoms with Crippen LogP contribution in [0.5, 0.6) is 0 Å². The summed E-state index contributed by atoms with van der Waals surface area (Å²) >= 11 is 0. The van der Waals surface area contributed by atoms with Gasteiger partial charge in [-0.2, -0.15) is 0 Å². The lowest BCUT2D eigenvalue weighted by molar-refractivity contribution is -0.143. The quantitative estimate of drug-likeness (QED) is 0.0889. The first-order chi connectivity index (χ1) is 17.0. The highest BCUT2D eigenvalue weighted by Crippen LogP contribution is 2.20. The number of nitrogens with two attached hydrogens (primary N) is 3. The van der Waals surface area contributed by atoms with Crippen molar-refractivity contribution < 1.29 is 24.3 Å². The van der Waals surface area contributed by atoms with Crippen LogP contribution in [0.1, 0.15) is 45.2 Å². The van der Waals surface area contributed by atoms with Gasteiger partial charge in [0, 0.05) is 31.4 Å². The summed E-state index contributed by atoms with van der Waals surface area (Å²) < 4.78 is 0. The van der Waals surface area contributed by atoms with E-state index < -0.39 is 42.0 Å². The second-order valence-corrected chi connectivity index (χ2v) is 9.15. The van der Waals surface area contributed by atoms with E-state index in [0.29, 0.717) is 31.5 Å². The van der Waals surface area contributed by atoms with Gasteiger partial charge in [0.2, 0.25) is 17.7 Å². The number of hydrogen-bond donors (Lipinski definition) is 7. The van der Waals surface area contributed by atoms with Gasteiger partial charge in [0.15, 0.2) is 5.96 Å². The zero-order chi connectivity index (χ0) is 26.8. The van der Waals surface area contributed by atoms with Gasteiger partial charge in [-0.3, -0.25) is 19.4 Å². The topological polar surface area (TPSA) is 235 Å². The molecule has 14 heteroatoms. The fraction of sp³-hybridized carbons (Fsp3) is 0.636. The molecule has 1 aromatic rings. The number of likely N-dealkylation sites (tertiary alicyclic amines) is 1. The molecule has 2 heterocycles. The Morgan fingerprint density at radius 2 is 1.97 bits per heavy atom. The molecule has 4 atom stereocenters. The number of aliphatic carboxylic acids is 1. The van der Waals surface area contributed by atoms with Crippen molar-refractivity contribution >= 4 is 29.7 Å².